The van der Waals surface area contributed by atoms with Gasteiger partial charge in [0, 0.05) is 12.0 Å². The number of rotatable bonds is 35. The third kappa shape index (κ3) is 23.8. The smallest absolute Gasteiger partial charge is 0.326 e. The van der Waals surface area contributed by atoms with E-state index in [0.29, 0.717) is 32.1 Å². The van der Waals surface area contributed by atoms with Crippen molar-refractivity contribution in [2.75, 3.05) is 6.54 Å². The number of aliphatic carboxylic acids is 1. The van der Waals surface area contributed by atoms with Gasteiger partial charge in [-0.05, 0) is 45.4 Å². The molecule has 374 valence electrons. The summed E-state index contributed by atoms with van der Waals surface area (Å²) in [7, 11) is 0. The van der Waals surface area contributed by atoms with Gasteiger partial charge in [-0.25, -0.2) is 4.79 Å². The van der Waals surface area contributed by atoms with Crippen LogP contribution in [0.1, 0.15) is 216 Å². The molecule has 0 aromatic rings. The second kappa shape index (κ2) is 32.6. The maximum atomic E-state index is 14.0. The van der Waals surface area contributed by atoms with Gasteiger partial charge >= 0.3 is 5.97 Å². The van der Waals surface area contributed by atoms with E-state index in [2.05, 4.69) is 40.4 Å². The van der Waals surface area contributed by atoms with Crippen molar-refractivity contribution in [3.8, 4) is 0 Å². The van der Waals surface area contributed by atoms with Crippen molar-refractivity contribution in [2.24, 2.45) is 11.3 Å². The Balaban J connectivity index is 3.08. The minimum Gasteiger partial charge on any atom is -0.480 e. The van der Waals surface area contributed by atoms with Gasteiger partial charge in [-0.1, -0.05) is 177 Å². The number of nitrogens with zero attached hydrogens (tertiary/aromatic N) is 1. The Hall–Kier alpha value is -4.04. The minimum atomic E-state index is -1.17. The number of carbonyl (C=O) groups excluding carboxylic acids is 7. The van der Waals surface area contributed by atoms with Gasteiger partial charge in [0.05, 0.1) is 0 Å². The van der Waals surface area contributed by atoms with E-state index in [0.717, 1.165) is 51.4 Å². The van der Waals surface area contributed by atoms with Crippen LogP contribution >= 0.6 is 0 Å². The first kappa shape index (κ1) is 59.0. The Kier molecular flexibility index (Phi) is 29.6. The van der Waals surface area contributed by atoms with Crippen LogP contribution in [-0.4, -0.2) is 100.0 Å². The number of nitrogens with one attached hydrogen (secondary N) is 5. The molecule has 0 radical (unpaired) electrons. The van der Waals surface area contributed by atoms with Gasteiger partial charge in [0.1, 0.15) is 36.3 Å². The lowest BCUT2D eigenvalue weighted by molar-refractivity contribution is -0.145. The molecule has 0 spiro atoms. The van der Waals surface area contributed by atoms with Crippen LogP contribution < -0.4 is 26.6 Å². The van der Waals surface area contributed by atoms with Crippen molar-refractivity contribution in [1.82, 2.24) is 31.5 Å². The third-order valence-electron chi connectivity index (χ3n) is 12.4. The first-order chi connectivity index (χ1) is 30.8. The number of carboxylic acids is 1. The molecule has 6 amide bonds. The Bertz CT molecular complexity index is 1480. The molecule has 1 rings (SSSR count). The second-order valence-corrected chi connectivity index (χ2v) is 19.8. The summed E-state index contributed by atoms with van der Waals surface area (Å²) in [4.78, 5) is 107. The number of Topliss-reactive ketones (excluding diaryl/α,β-unsaturated/α-hetero) is 1. The lowest BCUT2D eigenvalue weighted by Crippen LogP contribution is -2.58. The predicted octanol–water partition coefficient (Wildman–Crippen LogP) is 7.42. The number of carboxylic acid groups (broad SMARTS) is 1. The predicted molar refractivity (Wildman–Crippen MR) is 256 cm³/mol. The van der Waals surface area contributed by atoms with Crippen molar-refractivity contribution < 1.29 is 43.5 Å². The van der Waals surface area contributed by atoms with Crippen LogP contribution in [-0.2, 0) is 38.4 Å². The topological polar surface area (TPSA) is 220 Å². The lowest BCUT2D eigenvalue weighted by atomic mass is 9.90. The molecule has 1 aliphatic rings. The van der Waals surface area contributed by atoms with E-state index in [-0.39, 0.29) is 18.9 Å². The molecule has 2 unspecified atom stereocenters. The number of amides is 6. The zero-order valence-electron chi connectivity index (χ0n) is 41.9. The minimum absolute atomic E-state index is 0.258. The summed E-state index contributed by atoms with van der Waals surface area (Å²) in [5.74, 6) is -5.96. The third-order valence-corrected chi connectivity index (χ3v) is 12.4. The van der Waals surface area contributed by atoms with Crippen LogP contribution in [0.2, 0.25) is 0 Å². The number of ketones is 1. The molecule has 1 heterocycles. The zero-order chi connectivity index (χ0) is 49.0. The van der Waals surface area contributed by atoms with Gasteiger partial charge in [0.25, 0.3) is 5.91 Å². The molecule has 0 bridgehead atoms. The van der Waals surface area contributed by atoms with Crippen molar-refractivity contribution in [1.29, 1.82) is 0 Å². The molecule has 65 heavy (non-hydrogen) atoms. The standard InChI is InChI=1S/C50H90N6O9/c1-10-12-14-16-18-20-22-24-26-28-31-38(53-45(60)39(54-47(62)42(57)50(7,8)9)32-29-27-25-23-21-19-17-15-13-11-2)44(59)51-36(5)43(58)52-37(6)48(63)56-34-30-33-40(56)46(61)55-41(35(3)4)49(64)65/h35-41H,10-34H2,1-9H3,(H,51,59)(H,52,58)(H,53,60)(H,54,62)(H,55,61)(H,64,65)/t36-,37-,38?,39?,40-,41-/m0/s1. The summed E-state index contributed by atoms with van der Waals surface area (Å²) in [5.41, 5.74) is -0.955. The number of carbonyl (C=O) groups is 8. The maximum Gasteiger partial charge on any atom is 0.326 e. The Morgan fingerprint density at radius 2 is 0.969 bits per heavy atom. The van der Waals surface area contributed by atoms with Gasteiger partial charge in [-0.2, -0.15) is 0 Å². The van der Waals surface area contributed by atoms with Crippen molar-refractivity contribution in [3.05, 3.63) is 0 Å². The summed E-state index contributed by atoms with van der Waals surface area (Å²) >= 11 is 0. The molecule has 0 saturated carbocycles. The zero-order valence-corrected chi connectivity index (χ0v) is 41.9. The highest BCUT2D eigenvalue weighted by Gasteiger charge is 2.39. The maximum absolute atomic E-state index is 14.0. The van der Waals surface area contributed by atoms with Crippen molar-refractivity contribution in [3.63, 3.8) is 0 Å². The molecule has 6 N–H and O–H groups in total. The van der Waals surface area contributed by atoms with Crippen LogP contribution in [0.3, 0.4) is 0 Å². The summed E-state index contributed by atoms with van der Waals surface area (Å²) in [6.07, 6.45) is 23.1. The SMILES string of the molecule is CCCCCCCCCCCCC(NC(=O)C(=O)C(C)(C)C)C(=O)NC(CCCCCCCCCCCC)C(=O)N[C@@H](C)C(=O)N[C@@H](C)C(=O)N1CCC[C@H]1C(=O)N[C@H](C(=O)O)C(C)C. The fraction of sp³-hybridized carbons (Fsp3) is 0.840. The van der Waals surface area contributed by atoms with Gasteiger partial charge in [-0.15, -0.1) is 0 Å². The van der Waals surface area contributed by atoms with E-state index in [1.165, 1.54) is 83.0 Å². The lowest BCUT2D eigenvalue weighted by Gasteiger charge is -2.29. The average molecular weight is 919 g/mol. The van der Waals surface area contributed by atoms with Crippen LogP contribution in [0.15, 0.2) is 0 Å². The summed E-state index contributed by atoms with van der Waals surface area (Å²) < 4.78 is 0. The van der Waals surface area contributed by atoms with Crippen LogP contribution in [0.25, 0.3) is 0 Å². The van der Waals surface area contributed by atoms with Gasteiger partial charge in [0.2, 0.25) is 35.3 Å². The van der Waals surface area contributed by atoms with Crippen LogP contribution in [0, 0.1) is 11.3 Å². The molecule has 0 aliphatic carbocycles. The molecule has 6 atom stereocenters. The number of unbranched alkanes of at least 4 members (excludes halogenated alkanes) is 18. The molecule has 15 nitrogen and oxygen atoms in total. The summed E-state index contributed by atoms with van der Waals surface area (Å²) in [6, 6.07) is -6.27. The highest BCUT2D eigenvalue weighted by Crippen LogP contribution is 2.20. The molecule has 1 aliphatic heterocycles. The fourth-order valence-electron chi connectivity index (χ4n) is 8.14. The van der Waals surface area contributed by atoms with Crippen LogP contribution in [0.4, 0.5) is 0 Å². The largest absolute Gasteiger partial charge is 0.480 e. The van der Waals surface area contributed by atoms with E-state index in [9.17, 15) is 43.5 Å². The molecule has 0 aromatic carbocycles. The summed E-state index contributed by atoms with van der Waals surface area (Å²) in [5, 5.41) is 23.0. The normalized spacial score (nSPS) is 16.2. The average Bonchev–Trinajstić information content (AvgIpc) is 3.75. The number of hydrogen-bond acceptors (Lipinski definition) is 8. The van der Waals surface area contributed by atoms with Gasteiger partial charge < -0.3 is 36.6 Å². The fourth-order valence-corrected chi connectivity index (χ4v) is 8.14. The molecular weight excluding hydrogens is 829 g/mol. The Labute approximate surface area is 391 Å². The van der Waals surface area contributed by atoms with E-state index in [4.69, 9.17) is 0 Å². The van der Waals surface area contributed by atoms with E-state index in [1.807, 2.05) is 0 Å². The highest BCUT2D eigenvalue weighted by atomic mass is 16.4. The Morgan fingerprint density at radius 1 is 0.554 bits per heavy atom. The molecule has 0 aromatic heterocycles. The highest BCUT2D eigenvalue weighted by molar-refractivity contribution is 6.38. The van der Waals surface area contributed by atoms with Crippen molar-refractivity contribution >= 4 is 47.2 Å². The molecule has 1 fully saturated rings. The first-order valence-electron chi connectivity index (χ1n) is 25.4. The van der Waals surface area contributed by atoms with Crippen LogP contribution in [0.5, 0.6) is 0 Å². The molecule has 15 heteroatoms. The number of likely N-dealkylation sites (tertiary alicyclic amines) is 1. The summed E-state index contributed by atoms with van der Waals surface area (Å²) in [6.45, 7) is 15.9. The quantitative estimate of drug-likeness (QED) is 0.0275. The molecular formula is C50H90N6O9. The van der Waals surface area contributed by atoms with E-state index in [1.54, 1.807) is 34.6 Å². The van der Waals surface area contributed by atoms with E-state index >= 15 is 0 Å². The van der Waals surface area contributed by atoms with Gasteiger partial charge in [0.15, 0.2) is 0 Å². The molecule has 1 saturated heterocycles. The second-order valence-electron chi connectivity index (χ2n) is 19.8. The van der Waals surface area contributed by atoms with Crippen molar-refractivity contribution in [2.45, 2.75) is 253 Å². The monoisotopic (exact) mass is 919 g/mol. The van der Waals surface area contributed by atoms with E-state index < -0.39 is 88.9 Å². The Morgan fingerprint density at radius 3 is 1.40 bits per heavy atom. The van der Waals surface area contributed by atoms with Gasteiger partial charge in [-0.3, -0.25) is 33.6 Å². The first-order valence-corrected chi connectivity index (χ1v) is 25.4. The number of hydrogen-bond donors (Lipinski definition) is 6.